The van der Waals surface area contributed by atoms with Crippen LogP contribution < -0.4 is 0 Å². The molecule has 0 N–H and O–H groups in total. The van der Waals surface area contributed by atoms with Gasteiger partial charge in [0.1, 0.15) is 0 Å². The minimum atomic E-state index is 0.857. The maximum atomic E-state index is 4.35. The molecule has 3 heteroatoms. The van der Waals surface area contributed by atoms with Crippen molar-refractivity contribution in [2.24, 2.45) is 0 Å². The van der Waals surface area contributed by atoms with Gasteiger partial charge in [-0.2, -0.15) is 0 Å². The molecule has 0 unspecified atom stereocenters. The molecule has 0 bridgehead atoms. The molecule has 0 aliphatic heterocycles. The van der Waals surface area contributed by atoms with Gasteiger partial charge in [-0.3, -0.25) is 4.98 Å². The molecule has 1 nitrogen and oxygen atoms in total. The van der Waals surface area contributed by atoms with Crippen molar-refractivity contribution < 1.29 is 0 Å². The van der Waals surface area contributed by atoms with Crippen LogP contribution in [0.4, 0.5) is 0 Å². The molecule has 0 saturated heterocycles. The van der Waals surface area contributed by atoms with Crippen molar-refractivity contribution in [3.8, 4) is 0 Å². The number of aryl methyl sites for hydroxylation is 1. The van der Waals surface area contributed by atoms with E-state index in [0.717, 1.165) is 27.5 Å². The SMILES string of the molecule is C=CCc1c(CC)ncc(Br)c1Br. The van der Waals surface area contributed by atoms with Gasteiger partial charge >= 0.3 is 0 Å². The van der Waals surface area contributed by atoms with Gasteiger partial charge in [0.2, 0.25) is 0 Å². The van der Waals surface area contributed by atoms with Gasteiger partial charge < -0.3 is 0 Å². The van der Waals surface area contributed by atoms with Crippen molar-refractivity contribution in [2.45, 2.75) is 19.8 Å². The fraction of sp³-hybridized carbons (Fsp3) is 0.300. The molecule has 13 heavy (non-hydrogen) atoms. The van der Waals surface area contributed by atoms with Gasteiger partial charge in [0.25, 0.3) is 0 Å². The molecule has 0 aliphatic rings. The van der Waals surface area contributed by atoms with Crippen LogP contribution in [-0.4, -0.2) is 4.98 Å². The predicted molar refractivity (Wildman–Crippen MR) is 62.9 cm³/mol. The van der Waals surface area contributed by atoms with E-state index in [1.807, 2.05) is 12.3 Å². The lowest BCUT2D eigenvalue weighted by Gasteiger charge is -2.08. The van der Waals surface area contributed by atoms with E-state index in [1.165, 1.54) is 5.56 Å². The monoisotopic (exact) mass is 303 g/mol. The summed E-state index contributed by atoms with van der Waals surface area (Å²) < 4.78 is 2.10. The third kappa shape index (κ3) is 2.41. The van der Waals surface area contributed by atoms with Crippen molar-refractivity contribution in [3.05, 3.63) is 39.1 Å². The van der Waals surface area contributed by atoms with E-state index in [-0.39, 0.29) is 0 Å². The van der Waals surface area contributed by atoms with Gasteiger partial charge in [0, 0.05) is 16.4 Å². The van der Waals surface area contributed by atoms with E-state index < -0.39 is 0 Å². The highest BCUT2D eigenvalue weighted by atomic mass is 79.9. The Labute approximate surface area is 95.5 Å². The van der Waals surface area contributed by atoms with E-state index in [9.17, 15) is 0 Å². The molecule has 0 spiro atoms. The van der Waals surface area contributed by atoms with Crippen LogP contribution in [0.5, 0.6) is 0 Å². The maximum Gasteiger partial charge on any atom is 0.0503 e. The highest BCUT2D eigenvalue weighted by Gasteiger charge is 2.08. The smallest absolute Gasteiger partial charge is 0.0503 e. The summed E-state index contributed by atoms with van der Waals surface area (Å²) in [5, 5.41) is 0. The zero-order valence-electron chi connectivity index (χ0n) is 7.48. The van der Waals surface area contributed by atoms with Crippen LogP contribution in [0, 0.1) is 0 Å². The molecule has 0 fully saturated rings. The number of hydrogen-bond donors (Lipinski definition) is 0. The molecule has 0 saturated carbocycles. The van der Waals surface area contributed by atoms with Gasteiger partial charge in [0.15, 0.2) is 0 Å². The summed E-state index contributed by atoms with van der Waals surface area (Å²) in [6, 6.07) is 0. The zero-order chi connectivity index (χ0) is 9.84. The number of aromatic nitrogens is 1. The molecule has 1 aromatic heterocycles. The van der Waals surface area contributed by atoms with E-state index in [1.54, 1.807) is 0 Å². The summed E-state index contributed by atoms with van der Waals surface area (Å²) in [6.07, 6.45) is 5.54. The molecule has 1 rings (SSSR count). The summed E-state index contributed by atoms with van der Waals surface area (Å²) in [5.74, 6) is 0. The fourth-order valence-corrected chi connectivity index (χ4v) is 2.03. The first kappa shape index (κ1) is 10.9. The number of rotatable bonds is 3. The third-order valence-electron chi connectivity index (χ3n) is 1.84. The number of pyridine rings is 1. The first-order chi connectivity index (χ1) is 6.20. The molecule has 0 aromatic carbocycles. The number of hydrogen-bond acceptors (Lipinski definition) is 1. The topological polar surface area (TPSA) is 12.9 Å². The Morgan fingerprint density at radius 1 is 1.54 bits per heavy atom. The Hall–Kier alpha value is -0.150. The van der Waals surface area contributed by atoms with Crippen LogP contribution in [0.2, 0.25) is 0 Å². The normalized spacial score (nSPS) is 10.1. The molecule has 1 heterocycles. The van der Waals surface area contributed by atoms with Crippen molar-refractivity contribution in [2.75, 3.05) is 0 Å². The molecular formula is C10H11Br2N. The van der Waals surface area contributed by atoms with Gasteiger partial charge in [-0.05, 0) is 50.3 Å². The summed E-state index contributed by atoms with van der Waals surface area (Å²) >= 11 is 6.97. The minimum Gasteiger partial charge on any atom is -0.260 e. The maximum absolute atomic E-state index is 4.35. The minimum absolute atomic E-state index is 0.857. The van der Waals surface area contributed by atoms with E-state index >= 15 is 0 Å². The van der Waals surface area contributed by atoms with Crippen molar-refractivity contribution in [3.63, 3.8) is 0 Å². The summed E-state index contributed by atoms with van der Waals surface area (Å²) in [5.41, 5.74) is 2.36. The van der Waals surface area contributed by atoms with Crippen LogP contribution in [-0.2, 0) is 12.8 Å². The second-order valence-electron chi connectivity index (χ2n) is 2.69. The van der Waals surface area contributed by atoms with E-state index in [0.29, 0.717) is 0 Å². The number of allylic oxidation sites excluding steroid dienone is 1. The largest absolute Gasteiger partial charge is 0.260 e. The van der Waals surface area contributed by atoms with Crippen LogP contribution >= 0.6 is 31.9 Å². The predicted octanol–water partition coefficient (Wildman–Crippen LogP) is 3.90. The lowest BCUT2D eigenvalue weighted by atomic mass is 10.1. The lowest BCUT2D eigenvalue weighted by molar-refractivity contribution is 0.976. The Morgan fingerprint density at radius 2 is 2.23 bits per heavy atom. The number of nitrogens with zero attached hydrogens (tertiary/aromatic N) is 1. The molecular weight excluding hydrogens is 294 g/mol. The Balaban J connectivity index is 3.23. The van der Waals surface area contributed by atoms with Crippen molar-refractivity contribution in [1.82, 2.24) is 4.98 Å². The second kappa shape index (κ2) is 4.91. The van der Waals surface area contributed by atoms with Gasteiger partial charge in [-0.15, -0.1) is 6.58 Å². The van der Waals surface area contributed by atoms with E-state index in [2.05, 4.69) is 50.3 Å². The second-order valence-corrected chi connectivity index (χ2v) is 4.34. The van der Waals surface area contributed by atoms with Gasteiger partial charge in [0.05, 0.1) is 4.47 Å². The summed E-state index contributed by atoms with van der Waals surface area (Å²) in [7, 11) is 0. The van der Waals surface area contributed by atoms with Crippen molar-refractivity contribution in [1.29, 1.82) is 0 Å². The molecule has 1 aromatic rings. The third-order valence-corrected chi connectivity index (χ3v) is 3.88. The van der Waals surface area contributed by atoms with Crippen LogP contribution in [0.15, 0.2) is 27.8 Å². The highest BCUT2D eigenvalue weighted by Crippen LogP contribution is 2.28. The van der Waals surface area contributed by atoms with Crippen LogP contribution in [0.3, 0.4) is 0 Å². The molecule has 70 valence electrons. The Morgan fingerprint density at radius 3 is 2.77 bits per heavy atom. The van der Waals surface area contributed by atoms with Gasteiger partial charge in [-0.1, -0.05) is 13.0 Å². The van der Waals surface area contributed by atoms with Crippen molar-refractivity contribution >= 4 is 31.9 Å². The standard InChI is InChI=1S/C10H11Br2N/c1-3-5-7-9(4-2)13-6-8(11)10(7)12/h3,6H,1,4-5H2,2H3. The van der Waals surface area contributed by atoms with Crippen LogP contribution in [0.25, 0.3) is 0 Å². The summed E-state index contributed by atoms with van der Waals surface area (Å²) in [4.78, 5) is 4.35. The summed E-state index contributed by atoms with van der Waals surface area (Å²) in [6.45, 7) is 5.84. The zero-order valence-corrected chi connectivity index (χ0v) is 10.7. The lowest BCUT2D eigenvalue weighted by Crippen LogP contribution is -1.97. The molecule has 0 amide bonds. The molecule has 0 radical (unpaired) electrons. The van der Waals surface area contributed by atoms with Gasteiger partial charge in [-0.25, -0.2) is 0 Å². The number of halogens is 2. The fourth-order valence-electron chi connectivity index (χ4n) is 1.20. The Bertz CT molecular complexity index is 321. The average molecular weight is 305 g/mol. The first-order valence-corrected chi connectivity index (χ1v) is 5.72. The average Bonchev–Trinajstić information content (AvgIpc) is 2.14. The first-order valence-electron chi connectivity index (χ1n) is 4.13. The Kier molecular flexibility index (Phi) is 4.13. The highest BCUT2D eigenvalue weighted by molar-refractivity contribution is 9.13. The quantitative estimate of drug-likeness (QED) is 0.772. The van der Waals surface area contributed by atoms with E-state index in [4.69, 9.17) is 0 Å². The molecule has 0 aliphatic carbocycles. The molecule has 0 atom stereocenters. The van der Waals surface area contributed by atoms with Crippen LogP contribution in [0.1, 0.15) is 18.2 Å².